The van der Waals surface area contributed by atoms with Crippen LogP contribution >= 0.6 is 15.9 Å². The third kappa shape index (κ3) is 6.22. The fourth-order valence-corrected chi connectivity index (χ4v) is 5.20. The van der Waals surface area contributed by atoms with Crippen molar-refractivity contribution in [3.05, 3.63) is 82.0 Å². The zero-order valence-electron chi connectivity index (χ0n) is 19.6. The summed E-state index contributed by atoms with van der Waals surface area (Å²) in [5.41, 5.74) is 4.23. The van der Waals surface area contributed by atoms with Gasteiger partial charge in [0.25, 0.3) is 5.91 Å². The van der Waals surface area contributed by atoms with Crippen LogP contribution in [-0.2, 0) is 22.7 Å². The first-order chi connectivity index (χ1) is 17.3. The summed E-state index contributed by atoms with van der Waals surface area (Å²) >= 11 is 3.59. The molecule has 1 aromatic heterocycles. The molecule has 0 bridgehead atoms. The Morgan fingerprint density at radius 2 is 1.64 bits per heavy atom. The van der Waals surface area contributed by atoms with Crippen molar-refractivity contribution >= 4 is 44.7 Å². The van der Waals surface area contributed by atoms with E-state index in [1.807, 2.05) is 35.2 Å². The number of aliphatic carboxylic acids is 2. The molecule has 0 radical (unpaired) electrons. The SMILES string of the molecule is O=C(O)/C=C/C(=O)O.O=C1c2ccccc2CN1CC1CCN(Cc2c(Br)oc3ccccc23)CC1. The van der Waals surface area contributed by atoms with E-state index in [2.05, 4.69) is 39.0 Å². The van der Waals surface area contributed by atoms with E-state index in [4.69, 9.17) is 14.6 Å². The van der Waals surface area contributed by atoms with E-state index in [9.17, 15) is 14.4 Å². The lowest BCUT2D eigenvalue weighted by atomic mass is 9.96. The van der Waals surface area contributed by atoms with E-state index in [1.165, 1.54) is 16.5 Å². The van der Waals surface area contributed by atoms with E-state index in [1.54, 1.807) is 0 Å². The highest BCUT2D eigenvalue weighted by Crippen LogP contribution is 2.32. The van der Waals surface area contributed by atoms with Gasteiger partial charge in [-0.25, -0.2) is 9.59 Å². The van der Waals surface area contributed by atoms with Crippen LogP contribution in [0.5, 0.6) is 0 Å². The molecule has 2 aliphatic rings. The van der Waals surface area contributed by atoms with E-state index in [0.29, 0.717) is 18.1 Å². The number of para-hydroxylation sites is 1. The van der Waals surface area contributed by atoms with Crippen LogP contribution in [0.15, 0.2) is 69.8 Å². The Kier molecular flexibility index (Phi) is 8.22. The van der Waals surface area contributed by atoms with Gasteiger partial charge in [0.15, 0.2) is 4.67 Å². The fraction of sp³-hybridized carbons (Fsp3) is 0.296. The number of rotatable bonds is 6. The standard InChI is InChI=1S/C23H23BrN2O2.C4H4O4/c24-22-20(19-7-3-4-8-21(19)28-22)15-25-11-9-16(10-12-25)13-26-14-17-5-1-2-6-18(17)23(26)27;5-3(6)1-2-4(7)8/h1-8,16H,9-15H2;1-2H,(H,5,6)(H,7,8)/b;2-1+. The summed E-state index contributed by atoms with van der Waals surface area (Å²) in [6.07, 6.45) is 3.38. The van der Waals surface area contributed by atoms with E-state index in [0.717, 1.165) is 61.4 Å². The summed E-state index contributed by atoms with van der Waals surface area (Å²) in [4.78, 5) is 36.2. The maximum absolute atomic E-state index is 12.6. The number of carbonyl (C=O) groups is 3. The molecule has 3 heterocycles. The molecule has 1 fully saturated rings. The number of hydrogen-bond donors (Lipinski definition) is 2. The van der Waals surface area contributed by atoms with Crippen molar-refractivity contribution in [1.29, 1.82) is 0 Å². The maximum atomic E-state index is 12.6. The number of furan rings is 1. The minimum Gasteiger partial charge on any atom is -0.478 e. The average molecular weight is 555 g/mol. The van der Waals surface area contributed by atoms with Gasteiger partial charge in [-0.15, -0.1) is 0 Å². The molecule has 1 amide bonds. The molecule has 9 heteroatoms. The molecule has 5 rings (SSSR count). The number of halogens is 1. The van der Waals surface area contributed by atoms with Gasteiger partial charge in [0.05, 0.1) is 0 Å². The molecule has 0 spiro atoms. The molecular formula is C27H27BrN2O6. The predicted octanol–water partition coefficient (Wildman–Crippen LogP) is 4.78. The molecule has 1 saturated heterocycles. The van der Waals surface area contributed by atoms with Gasteiger partial charge in [-0.05, 0) is 65.5 Å². The maximum Gasteiger partial charge on any atom is 0.328 e. The Bertz CT molecular complexity index is 1280. The number of likely N-dealkylation sites (tertiary alicyclic amines) is 1. The highest BCUT2D eigenvalue weighted by Gasteiger charge is 2.30. The molecule has 188 valence electrons. The molecule has 0 saturated carbocycles. The molecule has 0 unspecified atom stereocenters. The lowest BCUT2D eigenvalue weighted by Gasteiger charge is -2.33. The summed E-state index contributed by atoms with van der Waals surface area (Å²) in [7, 11) is 0. The molecule has 3 aromatic rings. The second-order valence-electron chi connectivity index (χ2n) is 8.92. The van der Waals surface area contributed by atoms with Crippen molar-refractivity contribution in [2.45, 2.75) is 25.9 Å². The summed E-state index contributed by atoms with van der Waals surface area (Å²) in [6, 6.07) is 16.2. The van der Waals surface area contributed by atoms with Crippen LogP contribution < -0.4 is 0 Å². The van der Waals surface area contributed by atoms with Crippen LogP contribution in [-0.4, -0.2) is 57.5 Å². The highest BCUT2D eigenvalue weighted by molar-refractivity contribution is 9.10. The normalized spacial score (nSPS) is 16.2. The van der Waals surface area contributed by atoms with Crippen molar-refractivity contribution in [2.24, 2.45) is 5.92 Å². The van der Waals surface area contributed by atoms with Gasteiger partial charge in [-0.1, -0.05) is 36.4 Å². The third-order valence-corrected chi connectivity index (χ3v) is 7.12. The zero-order valence-corrected chi connectivity index (χ0v) is 21.2. The van der Waals surface area contributed by atoms with E-state index >= 15 is 0 Å². The molecule has 0 atom stereocenters. The van der Waals surface area contributed by atoms with Crippen LogP contribution in [0.4, 0.5) is 0 Å². The number of carboxylic acids is 2. The number of nitrogens with zero attached hydrogens (tertiary/aromatic N) is 2. The van der Waals surface area contributed by atoms with Gasteiger partial charge in [0.2, 0.25) is 0 Å². The second-order valence-corrected chi connectivity index (χ2v) is 9.64. The van der Waals surface area contributed by atoms with Gasteiger partial charge in [0.1, 0.15) is 5.58 Å². The summed E-state index contributed by atoms with van der Waals surface area (Å²) in [5.74, 6) is -1.73. The number of carbonyl (C=O) groups excluding carboxylic acids is 1. The number of fused-ring (bicyclic) bond motifs is 2. The van der Waals surface area contributed by atoms with Crippen LogP contribution in [0.3, 0.4) is 0 Å². The molecule has 36 heavy (non-hydrogen) atoms. The predicted molar refractivity (Wildman–Crippen MR) is 138 cm³/mol. The molecule has 2 N–H and O–H groups in total. The van der Waals surface area contributed by atoms with Gasteiger partial charge in [-0.2, -0.15) is 0 Å². The zero-order chi connectivity index (χ0) is 25.7. The number of benzene rings is 2. The highest BCUT2D eigenvalue weighted by atomic mass is 79.9. The summed E-state index contributed by atoms with van der Waals surface area (Å²) < 4.78 is 6.68. The Morgan fingerprint density at radius 3 is 2.31 bits per heavy atom. The summed E-state index contributed by atoms with van der Waals surface area (Å²) in [5, 5.41) is 16.8. The lowest BCUT2D eigenvalue weighted by Crippen LogP contribution is -2.38. The fourth-order valence-electron chi connectivity index (χ4n) is 4.68. The molecule has 8 nitrogen and oxygen atoms in total. The van der Waals surface area contributed by atoms with Crippen molar-refractivity contribution in [1.82, 2.24) is 9.80 Å². The monoisotopic (exact) mass is 554 g/mol. The minimum absolute atomic E-state index is 0.201. The third-order valence-electron chi connectivity index (χ3n) is 6.48. The number of piperidine rings is 1. The van der Waals surface area contributed by atoms with E-state index in [-0.39, 0.29) is 5.91 Å². The van der Waals surface area contributed by atoms with Crippen LogP contribution in [0, 0.1) is 5.92 Å². The van der Waals surface area contributed by atoms with Crippen molar-refractivity contribution < 1.29 is 29.0 Å². The minimum atomic E-state index is -1.26. The van der Waals surface area contributed by atoms with Crippen molar-refractivity contribution in [2.75, 3.05) is 19.6 Å². The first-order valence-electron chi connectivity index (χ1n) is 11.7. The summed E-state index contributed by atoms with van der Waals surface area (Å²) in [6.45, 7) is 4.67. The van der Waals surface area contributed by atoms with Gasteiger partial charge in [0, 0.05) is 48.3 Å². The Balaban J connectivity index is 0.000000331. The Hall–Kier alpha value is -3.43. The smallest absolute Gasteiger partial charge is 0.328 e. The topological polar surface area (TPSA) is 111 Å². The van der Waals surface area contributed by atoms with Crippen LogP contribution in [0.2, 0.25) is 0 Å². The molecule has 0 aliphatic carbocycles. The molecular weight excluding hydrogens is 528 g/mol. The number of hydrogen-bond acceptors (Lipinski definition) is 5. The van der Waals surface area contributed by atoms with Crippen molar-refractivity contribution in [3.63, 3.8) is 0 Å². The van der Waals surface area contributed by atoms with Crippen LogP contribution in [0.25, 0.3) is 11.0 Å². The first-order valence-corrected chi connectivity index (χ1v) is 12.5. The van der Waals surface area contributed by atoms with Crippen molar-refractivity contribution in [3.8, 4) is 0 Å². The largest absolute Gasteiger partial charge is 0.478 e. The van der Waals surface area contributed by atoms with Gasteiger partial charge < -0.3 is 19.5 Å². The van der Waals surface area contributed by atoms with Gasteiger partial charge in [-0.3, -0.25) is 9.69 Å². The lowest BCUT2D eigenvalue weighted by molar-refractivity contribution is -0.134. The quantitative estimate of drug-likeness (QED) is 0.422. The van der Waals surface area contributed by atoms with Gasteiger partial charge >= 0.3 is 11.9 Å². The Labute approximate surface area is 216 Å². The Morgan fingerprint density at radius 1 is 1.00 bits per heavy atom. The number of carboxylic acid groups (broad SMARTS) is 2. The van der Waals surface area contributed by atoms with Crippen LogP contribution in [0.1, 0.15) is 34.3 Å². The molecule has 2 aromatic carbocycles. The average Bonchev–Trinajstić information content (AvgIpc) is 3.35. The second kappa shape index (κ2) is 11.5. The number of amides is 1. The molecule has 2 aliphatic heterocycles. The first kappa shape index (κ1) is 25.7. The van der Waals surface area contributed by atoms with E-state index < -0.39 is 11.9 Å².